The molecule has 0 saturated carbocycles. The van der Waals surface area contributed by atoms with Crippen molar-refractivity contribution in [3.05, 3.63) is 58.1 Å². The van der Waals surface area contributed by atoms with Gasteiger partial charge in [-0.15, -0.1) is 0 Å². The summed E-state index contributed by atoms with van der Waals surface area (Å²) in [6.45, 7) is 0. The van der Waals surface area contributed by atoms with Crippen molar-refractivity contribution in [2.45, 2.75) is 12.8 Å². The number of halogens is 2. The fourth-order valence-electron chi connectivity index (χ4n) is 2.13. The van der Waals surface area contributed by atoms with Crippen molar-refractivity contribution < 1.29 is 9.59 Å². The molecule has 0 bridgehead atoms. The highest BCUT2D eigenvalue weighted by molar-refractivity contribution is 6.35. The molecule has 0 aromatic heterocycles. The second kappa shape index (κ2) is 9.94. The number of benzene rings is 2. The summed E-state index contributed by atoms with van der Waals surface area (Å²) in [5.74, 6) is -0.693. The first-order valence-electron chi connectivity index (χ1n) is 8.19. The van der Waals surface area contributed by atoms with Crippen molar-refractivity contribution in [2.75, 3.05) is 24.3 Å². The minimum absolute atomic E-state index is 0.000918. The van der Waals surface area contributed by atoms with Gasteiger partial charge in [0.15, 0.2) is 0 Å². The molecule has 0 spiro atoms. The van der Waals surface area contributed by atoms with Gasteiger partial charge in [-0.3, -0.25) is 9.59 Å². The first-order chi connectivity index (χ1) is 12.8. The number of hydrazone groups is 1. The van der Waals surface area contributed by atoms with Crippen LogP contribution < -0.4 is 15.6 Å². The van der Waals surface area contributed by atoms with Crippen molar-refractivity contribution in [3.8, 4) is 0 Å². The summed E-state index contributed by atoms with van der Waals surface area (Å²) >= 11 is 11.8. The third-order valence-corrected chi connectivity index (χ3v) is 4.16. The second-order valence-electron chi connectivity index (χ2n) is 5.95. The predicted octanol–water partition coefficient (Wildman–Crippen LogP) is 3.93. The van der Waals surface area contributed by atoms with Gasteiger partial charge in [0.1, 0.15) is 0 Å². The van der Waals surface area contributed by atoms with Crippen molar-refractivity contribution in [3.63, 3.8) is 0 Å². The zero-order valence-electron chi connectivity index (χ0n) is 15.0. The molecule has 0 radical (unpaired) electrons. The standard InChI is InChI=1S/C19H20Cl2N4O2/c1-25(2)15-6-3-13(4-7-15)12-22-24-19(27)10-9-18(26)23-17-11-14(20)5-8-16(17)21/h3-8,11-12H,9-10H2,1-2H3,(H,23,26)(H,24,27)/b22-12+. The number of hydrogen-bond acceptors (Lipinski definition) is 4. The van der Waals surface area contributed by atoms with Gasteiger partial charge in [-0.25, -0.2) is 5.43 Å². The van der Waals surface area contributed by atoms with E-state index in [1.165, 1.54) is 0 Å². The molecule has 2 aromatic carbocycles. The Labute approximate surface area is 168 Å². The lowest BCUT2D eigenvalue weighted by atomic mass is 10.2. The van der Waals surface area contributed by atoms with E-state index >= 15 is 0 Å². The molecule has 0 saturated heterocycles. The van der Waals surface area contributed by atoms with Crippen LogP contribution in [0.3, 0.4) is 0 Å². The maximum absolute atomic E-state index is 11.9. The van der Waals surface area contributed by atoms with Gasteiger partial charge in [-0.1, -0.05) is 35.3 Å². The zero-order chi connectivity index (χ0) is 19.8. The minimum Gasteiger partial charge on any atom is -0.378 e. The van der Waals surface area contributed by atoms with Crippen molar-refractivity contribution >= 4 is 52.6 Å². The molecule has 27 heavy (non-hydrogen) atoms. The number of carbonyl (C=O) groups excluding carboxylic acids is 2. The molecule has 2 aromatic rings. The molecule has 0 fully saturated rings. The van der Waals surface area contributed by atoms with Crippen LogP contribution in [-0.4, -0.2) is 32.1 Å². The van der Waals surface area contributed by atoms with Crippen LogP contribution >= 0.6 is 23.2 Å². The molecule has 2 rings (SSSR count). The van der Waals surface area contributed by atoms with Crippen LogP contribution in [0.25, 0.3) is 0 Å². The Morgan fingerprint density at radius 1 is 1.04 bits per heavy atom. The van der Waals surface area contributed by atoms with E-state index in [1.807, 2.05) is 43.3 Å². The summed E-state index contributed by atoms with van der Waals surface area (Å²) in [7, 11) is 3.92. The summed E-state index contributed by atoms with van der Waals surface area (Å²) in [4.78, 5) is 25.7. The van der Waals surface area contributed by atoms with E-state index in [2.05, 4.69) is 15.8 Å². The average Bonchev–Trinajstić information content (AvgIpc) is 2.63. The zero-order valence-corrected chi connectivity index (χ0v) is 16.5. The topological polar surface area (TPSA) is 73.8 Å². The molecule has 0 heterocycles. The Morgan fingerprint density at radius 2 is 1.70 bits per heavy atom. The molecule has 0 atom stereocenters. The van der Waals surface area contributed by atoms with Gasteiger partial charge in [0.25, 0.3) is 0 Å². The molecule has 2 amide bonds. The summed E-state index contributed by atoms with van der Waals surface area (Å²) in [6.07, 6.45) is 1.55. The maximum Gasteiger partial charge on any atom is 0.240 e. The van der Waals surface area contributed by atoms with Gasteiger partial charge in [-0.2, -0.15) is 5.10 Å². The molecule has 0 aliphatic heterocycles. The normalized spacial score (nSPS) is 10.7. The molecule has 0 aliphatic carbocycles. The lowest BCUT2D eigenvalue weighted by molar-refractivity contribution is -0.124. The Balaban J connectivity index is 1.76. The van der Waals surface area contributed by atoms with Crippen LogP contribution in [0, 0.1) is 0 Å². The Kier molecular flexibility index (Phi) is 7.64. The van der Waals surface area contributed by atoms with Crippen molar-refractivity contribution in [1.29, 1.82) is 0 Å². The van der Waals surface area contributed by atoms with Crippen LogP contribution in [0.1, 0.15) is 18.4 Å². The van der Waals surface area contributed by atoms with Crippen LogP contribution in [0.15, 0.2) is 47.6 Å². The van der Waals surface area contributed by atoms with Gasteiger partial charge < -0.3 is 10.2 Å². The largest absolute Gasteiger partial charge is 0.378 e. The number of anilines is 2. The SMILES string of the molecule is CN(C)c1ccc(/C=N/NC(=O)CCC(=O)Nc2cc(Cl)ccc2Cl)cc1. The molecule has 8 heteroatoms. The minimum atomic E-state index is -0.358. The third kappa shape index (κ3) is 6.92. The highest BCUT2D eigenvalue weighted by Crippen LogP contribution is 2.25. The summed E-state index contributed by atoms with van der Waals surface area (Å²) in [6, 6.07) is 12.5. The fraction of sp³-hybridized carbons (Fsp3) is 0.211. The number of rotatable bonds is 7. The second-order valence-corrected chi connectivity index (χ2v) is 6.80. The van der Waals surface area contributed by atoms with Crippen molar-refractivity contribution in [2.24, 2.45) is 5.10 Å². The van der Waals surface area contributed by atoms with E-state index < -0.39 is 0 Å². The highest BCUT2D eigenvalue weighted by atomic mass is 35.5. The highest BCUT2D eigenvalue weighted by Gasteiger charge is 2.09. The van der Waals surface area contributed by atoms with Gasteiger partial charge >= 0.3 is 0 Å². The average molecular weight is 407 g/mol. The lowest BCUT2D eigenvalue weighted by Crippen LogP contribution is -2.20. The molecule has 0 aliphatic rings. The van der Waals surface area contributed by atoms with E-state index in [9.17, 15) is 9.59 Å². The molecule has 6 nitrogen and oxygen atoms in total. The van der Waals surface area contributed by atoms with Crippen LogP contribution in [-0.2, 0) is 9.59 Å². The summed E-state index contributed by atoms with van der Waals surface area (Å²) in [5, 5.41) is 7.36. The summed E-state index contributed by atoms with van der Waals surface area (Å²) < 4.78 is 0. The molecule has 142 valence electrons. The maximum atomic E-state index is 11.9. The van der Waals surface area contributed by atoms with E-state index in [4.69, 9.17) is 23.2 Å². The van der Waals surface area contributed by atoms with Gasteiger partial charge in [0, 0.05) is 37.6 Å². The first kappa shape index (κ1) is 20.7. The van der Waals surface area contributed by atoms with Crippen LogP contribution in [0.2, 0.25) is 10.0 Å². The van der Waals surface area contributed by atoms with Gasteiger partial charge in [0.05, 0.1) is 16.9 Å². The third-order valence-electron chi connectivity index (χ3n) is 3.59. The monoisotopic (exact) mass is 406 g/mol. The first-order valence-corrected chi connectivity index (χ1v) is 8.95. The van der Waals surface area contributed by atoms with E-state index in [1.54, 1.807) is 24.4 Å². The summed E-state index contributed by atoms with van der Waals surface area (Å²) in [5.41, 5.74) is 4.74. The van der Waals surface area contributed by atoms with E-state index in [-0.39, 0.29) is 24.7 Å². The fourth-order valence-corrected chi connectivity index (χ4v) is 2.46. The molecule has 0 unspecified atom stereocenters. The Bertz CT molecular complexity index is 836. The number of nitrogens with zero attached hydrogens (tertiary/aromatic N) is 2. The Hall–Kier alpha value is -2.57. The number of carbonyl (C=O) groups is 2. The lowest BCUT2D eigenvalue weighted by Gasteiger charge is -2.11. The van der Waals surface area contributed by atoms with Crippen LogP contribution in [0.5, 0.6) is 0 Å². The van der Waals surface area contributed by atoms with Gasteiger partial charge in [-0.05, 0) is 35.9 Å². The smallest absolute Gasteiger partial charge is 0.240 e. The van der Waals surface area contributed by atoms with E-state index in [0.717, 1.165) is 11.3 Å². The molecule has 2 N–H and O–H groups in total. The Morgan fingerprint density at radius 3 is 2.37 bits per heavy atom. The van der Waals surface area contributed by atoms with Crippen molar-refractivity contribution in [1.82, 2.24) is 5.43 Å². The van der Waals surface area contributed by atoms with Crippen LogP contribution in [0.4, 0.5) is 11.4 Å². The number of hydrogen-bond donors (Lipinski definition) is 2. The van der Waals surface area contributed by atoms with E-state index in [0.29, 0.717) is 15.7 Å². The quantitative estimate of drug-likeness (QED) is 0.540. The van der Waals surface area contributed by atoms with Gasteiger partial charge in [0.2, 0.25) is 11.8 Å². The molecular weight excluding hydrogens is 387 g/mol. The predicted molar refractivity (Wildman–Crippen MR) is 111 cm³/mol. The number of nitrogens with one attached hydrogen (secondary N) is 2. The number of amides is 2. The molecular formula is C19H20Cl2N4O2.